The molecule has 1 saturated heterocycles. The number of anilines is 1. The summed E-state index contributed by atoms with van der Waals surface area (Å²) in [6, 6.07) is 0. The number of aromatic amines is 1. The van der Waals surface area contributed by atoms with Crippen LogP contribution in [0.3, 0.4) is 0 Å². The topological polar surface area (TPSA) is 145 Å². The zero-order valence-electron chi connectivity index (χ0n) is 10.6. The first-order valence-electron chi connectivity index (χ1n) is 5.94. The summed E-state index contributed by atoms with van der Waals surface area (Å²) in [5.74, 6) is -0.674. The molecule has 4 atom stereocenters. The Bertz CT molecular complexity index is 758. The fourth-order valence-electron chi connectivity index (χ4n) is 2.18. The van der Waals surface area contributed by atoms with Crippen LogP contribution in [0.2, 0.25) is 0 Å². The Morgan fingerprint density at radius 3 is 3.05 bits per heavy atom. The van der Waals surface area contributed by atoms with Crippen LogP contribution in [0.15, 0.2) is 11.1 Å². The minimum absolute atomic E-state index is 0.0247. The van der Waals surface area contributed by atoms with Crippen LogP contribution >= 0.6 is 9.47 Å². The summed E-state index contributed by atoms with van der Waals surface area (Å²) in [6.07, 6.45) is -2.03. The molecule has 2 aromatic rings. The Balaban J connectivity index is 2.05. The van der Waals surface area contributed by atoms with Crippen molar-refractivity contribution in [3.8, 4) is 0 Å². The summed E-state index contributed by atoms with van der Waals surface area (Å²) in [5.41, 5.74) is 5.10. The number of hydrogen-bond acceptors (Lipinski definition) is 8. The fraction of sp³-hybridized carbons (Fsp3) is 0.400. The predicted molar refractivity (Wildman–Crippen MR) is 73.1 cm³/mol. The van der Waals surface area contributed by atoms with Crippen molar-refractivity contribution in [2.24, 2.45) is 0 Å². The first kappa shape index (κ1) is 14.1. The van der Waals surface area contributed by atoms with Gasteiger partial charge in [0.05, 0.1) is 12.9 Å². The third kappa shape index (κ3) is 2.22. The number of ether oxygens (including phenoxy) is 1. The molecule has 21 heavy (non-hydrogen) atoms. The average Bonchev–Trinajstić information content (AvgIpc) is 2.96. The molecule has 3 heterocycles. The van der Waals surface area contributed by atoms with Gasteiger partial charge in [0.1, 0.15) is 12.2 Å². The van der Waals surface area contributed by atoms with Crippen LogP contribution in [0.25, 0.3) is 11.2 Å². The van der Waals surface area contributed by atoms with E-state index in [1.807, 2.05) is 9.47 Å². The highest BCUT2D eigenvalue weighted by atomic mass is 31.0. The highest BCUT2D eigenvalue weighted by molar-refractivity contribution is 7.09. The van der Waals surface area contributed by atoms with Crippen molar-refractivity contribution in [1.29, 1.82) is 0 Å². The van der Waals surface area contributed by atoms with E-state index in [0.29, 0.717) is 0 Å². The summed E-state index contributed by atoms with van der Waals surface area (Å²) in [4.78, 5) is 33.9. The number of imidazole rings is 1. The van der Waals surface area contributed by atoms with Gasteiger partial charge in [-0.1, -0.05) is 0 Å². The van der Waals surface area contributed by atoms with Crippen LogP contribution in [0, 0.1) is 0 Å². The van der Waals surface area contributed by atoms with Crippen molar-refractivity contribution < 1.29 is 19.2 Å². The summed E-state index contributed by atoms with van der Waals surface area (Å²) < 4.78 is 11.5. The van der Waals surface area contributed by atoms with Crippen LogP contribution in [0.5, 0.6) is 0 Å². The number of aliphatic hydroxyl groups is 1. The number of nitrogens with zero attached hydrogens (tertiary/aromatic N) is 3. The number of hydrogen-bond donors (Lipinski definition) is 3. The summed E-state index contributed by atoms with van der Waals surface area (Å²) in [5, 5.41) is 9.83. The largest absolute Gasteiger partial charge is 0.382 e. The Morgan fingerprint density at radius 2 is 2.33 bits per heavy atom. The monoisotopic (exact) mass is 313 g/mol. The number of aromatic nitrogens is 4. The first-order valence-corrected chi connectivity index (χ1v) is 6.41. The number of carbonyl (C=O) groups is 1. The molecule has 3 rings (SSSR count). The smallest absolute Gasteiger partial charge is 0.280 e. The third-order valence-electron chi connectivity index (χ3n) is 3.15. The lowest BCUT2D eigenvalue weighted by Crippen LogP contribution is -2.29. The number of fused-ring (bicyclic) bond motifs is 1. The van der Waals surface area contributed by atoms with E-state index in [1.54, 1.807) is 0 Å². The lowest BCUT2D eigenvalue weighted by molar-refractivity contribution is -0.130. The molecule has 0 bridgehead atoms. The molecule has 2 aromatic heterocycles. The normalized spacial score (nSPS) is 25.8. The lowest BCUT2D eigenvalue weighted by Gasteiger charge is -2.13. The van der Waals surface area contributed by atoms with Crippen molar-refractivity contribution >= 4 is 32.4 Å². The highest BCUT2D eigenvalue weighted by Gasteiger charge is 2.44. The number of rotatable bonds is 3. The van der Waals surface area contributed by atoms with E-state index >= 15 is 0 Å². The maximum absolute atomic E-state index is 12.1. The zero-order valence-corrected chi connectivity index (χ0v) is 11.7. The third-order valence-corrected chi connectivity index (χ3v) is 3.35. The van der Waals surface area contributed by atoms with Crippen molar-refractivity contribution in [3.63, 3.8) is 0 Å². The number of nitrogen functional groups attached to an aromatic ring is 1. The van der Waals surface area contributed by atoms with Gasteiger partial charge >= 0.3 is 0 Å². The van der Waals surface area contributed by atoms with Gasteiger partial charge in [-0.3, -0.25) is 19.1 Å². The minimum Gasteiger partial charge on any atom is -0.382 e. The summed E-state index contributed by atoms with van der Waals surface area (Å²) in [6.45, 7) is 0.0247. The minimum atomic E-state index is -1.33. The maximum atomic E-state index is 12.1. The van der Waals surface area contributed by atoms with Crippen LogP contribution in [0.1, 0.15) is 6.23 Å². The van der Waals surface area contributed by atoms with Gasteiger partial charge < -0.3 is 20.1 Å². The van der Waals surface area contributed by atoms with Gasteiger partial charge in [-0.15, -0.1) is 0 Å². The van der Waals surface area contributed by atoms with Crippen LogP contribution < -0.4 is 11.3 Å². The van der Waals surface area contributed by atoms with E-state index in [9.17, 15) is 14.7 Å². The summed E-state index contributed by atoms with van der Waals surface area (Å²) in [7, 11) is 2.01. The fourth-order valence-corrected chi connectivity index (χ4v) is 2.37. The van der Waals surface area contributed by atoms with E-state index in [2.05, 4.69) is 15.0 Å². The van der Waals surface area contributed by atoms with Crippen molar-refractivity contribution in [1.82, 2.24) is 19.5 Å². The Labute approximate surface area is 119 Å². The van der Waals surface area contributed by atoms with Crippen molar-refractivity contribution in [2.75, 3.05) is 12.3 Å². The number of aliphatic hydroxyl groups excluding tert-OH is 1. The second-order valence-electron chi connectivity index (χ2n) is 4.48. The molecular weight excluding hydrogens is 301 g/mol. The van der Waals surface area contributed by atoms with Gasteiger partial charge in [0, 0.05) is 9.47 Å². The standard InChI is InChI=1S/C10H12N5O5P/c11-10-13-7-4(8(18)14-10)12-2-15(7)9-6(17)5(16)3(20-9)1-19-21/h2-3,5,9,16H,1,21H2,(H3,11,13,14,18). The molecule has 0 aromatic carbocycles. The van der Waals surface area contributed by atoms with E-state index in [1.165, 1.54) is 10.9 Å². The average molecular weight is 313 g/mol. The van der Waals surface area contributed by atoms with Gasteiger partial charge in [-0.05, 0) is 0 Å². The molecule has 10 nitrogen and oxygen atoms in total. The SMILES string of the molecule is Nc1nc2c(ncn2C2OC(COP)C(O)C2=O)c(=O)[nH]1. The molecule has 1 aliphatic heterocycles. The Morgan fingerprint density at radius 1 is 1.57 bits per heavy atom. The van der Waals surface area contributed by atoms with Crippen LogP contribution in [0.4, 0.5) is 5.95 Å². The van der Waals surface area contributed by atoms with Gasteiger partial charge in [-0.25, -0.2) is 4.98 Å². The van der Waals surface area contributed by atoms with Gasteiger partial charge in [0.15, 0.2) is 17.4 Å². The van der Waals surface area contributed by atoms with Crippen molar-refractivity contribution in [2.45, 2.75) is 18.4 Å². The molecule has 0 radical (unpaired) electrons. The molecule has 4 unspecified atom stereocenters. The number of H-pyrrole nitrogens is 1. The van der Waals surface area contributed by atoms with Crippen molar-refractivity contribution in [3.05, 3.63) is 16.7 Å². The number of ketones is 1. The molecule has 0 spiro atoms. The number of carbonyl (C=O) groups excluding carboxylic acids is 1. The Hall–Kier alpha value is -1.87. The molecular formula is C10H12N5O5P. The van der Waals surface area contributed by atoms with Gasteiger partial charge in [-0.2, -0.15) is 4.98 Å². The van der Waals surface area contributed by atoms with E-state index in [0.717, 1.165) is 0 Å². The molecule has 1 aliphatic rings. The quantitative estimate of drug-likeness (QED) is 0.571. The number of Topliss-reactive ketones (excluding diaryl/α,β-unsaturated/α-hetero) is 1. The van der Waals surface area contributed by atoms with Crippen LogP contribution in [-0.4, -0.2) is 49.2 Å². The van der Waals surface area contributed by atoms with Gasteiger partial charge in [0.25, 0.3) is 5.56 Å². The molecule has 0 amide bonds. The molecule has 112 valence electrons. The maximum Gasteiger partial charge on any atom is 0.280 e. The molecule has 11 heteroatoms. The van der Waals surface area contributed by atoms with Gasteiger partial charge in [0.2, 0.25) is 11.7 Å². The number of nitrogens with two attached hydrogens (primary N) is 1. The van der Waals surface area contributed by atoms with Crippen LogP contribution in [-0.2, 0) is 14.1 Å². The second kappa shape index (κ2) is 5.15. The lowest BCUT2D eigenvalue weighted by atomic mass is 10.2. The molecule has 0 saturated carbocycles. The van der Waals surface area contributed by atoms with E-state index in [-0.39, 0.29) is 23.7 Å². The Kier molecular flexibility index (Phi) is 3.46. The van der Waals surface area contributed by atoms with E-state index < -0.39 is 29.8 Å². The first-order chi connectivity index (χ1) is 10.0. The zero-order chi connectivity index (χ0) is 15.1. The molecule has 4 N–H and O–H groups in total. The highest BCUT2D eigenvalue weighted by Crippen LogP contribution is 2.28. The molecule has 0 aliphatic carbocycles. The van der Waals surface area contributed by atoms with E-state index in [4.69, 9.17) is 15.0 Å². The summed E-state index contributed by atoms with van der Waals surface area (Å²) >= 11 is 0. The number of nitrogens with one attached hydrogen (secondary N) is 1. The second-order valence-corrected chi connectivity index (χ2v) is 4.82. The predicted octanol–water partition coefficient (Wildman–Crippen LogP) is -1.66. The molecule has 1 fully saturated rings.